The van der Waals surface area contributed by atoms with Crippen molar-refractivity contribution in [2.45, 2.75) is 33.1 Å². The topological polar surface area (TPSA) is 79.8 Å². The minimum Gasteiger partial charge on any atom is -0.482 e. The predicted molar refractivity (Wildman–Crippen MR) is 106 cm³/mol. The Labute approximate surface area is 161 Å². The fourth-order valence-electron chi connectivity index (χ4n) is 3.38. The molecular weight excluding hydrogens is 362 g/mol. The van der Waals surface area contributed by atoms with Crippen molar-refractivity contribution in [3.8, 4) is 5.75 Å². The van der Waals surface area contributed by atoms with E-state index >= 15 is 0 Å². The van der Waals surface area contributed by atoms with Crippen LogP contribution in [0.2, 0.25) is 0 Å². The normalized spacial score (nSPS) is 18.8. The fourth-order valence-corrected chi connectivity index (χ4v) is 4.48. The van der Waals surface area contributed by atoms with Crippen molar-refractivity contribution in [2.75, 3.05) is 11.9 Å². The van der Waals surface area contributed by atoms with Crippen LogP contribution in [0.4, 0.5) is 5.69 Å². The molecule has 0 spiro atoms. The van der Waals surface area contributed by atoms with Crippen LogP contribution in [0.25, 0.3) is 0 Å². The minimum atomic E-state index is -0.184. The summed E-state index contributed by atoms with van der Waals surface area (Å²) < 4.78 is 5.35. The largest absolute Gasteiger partial charge is 0.482 e. The lowest BCUT2D eigenvalue weighted by molar-refractivity contribution is -0.118. The Kier molecular flexibility index (Phi) is 4.70. The molecule has 2 aliphatic rings. The summed E-state index contributed by atoms with van der Waals surface area (Å²) in [4.78, 5) is 26.0. The van der Waals surface area contributed by atoms with Crippen LogP contribution in [0.1, 0.15) is 45.9 Å². The number of aryl methyl sites for hydroxylation is 1. The number of benzene rings is 1. The number of anilines is 1. The van der Waals surface area contributed by atoms with Crippen LogP contribution in [0.3, 0.4) is 0 Å². The van der Waals surface area contributed by atoms with E-state index in [1.807, 2.05) is 19.1 Å². The summed E-state index contributed by atoms with van der Waals surface area (Å²) in [5.74, 6) is 0.944. The summed E-state index contributed by atoms with van der Waals surface area (Å²) in [6, 6.07) is 7.44. The molecule has 1 aliphatic heterocycles. The van der Waals surface area contributed by atoms with Gasteiger partial charge in [-0.05, 0) is 67.5 Å². The second-order valence-corrected chi connectivity index (χ2v) is 8.23. The maximum atomic E-state index is 12.5. The summed E-state index contributed by atoms with van der Waals surface area (Å²) in [5.41, 5.74) is 6.02. The van der Waals surface area contributed by atoms with Crippen molar-refractivity contribution in [2.24, 2.45) is 11.0 Å². The average molecular weight is 383 g/mol. The van der Waals surface area contributed by atoms with Gasteiger partial charge in [0, 0.05) is 4.88 Å². The Balaban J connectivity index is 1.47. The van der Waals surface area contributed by atoms with Gasteiger partial charge in [-0.25, -0.2) is 5.43 Å². The van der Waals surface area contributed by atoms with Gasteiger partial charge in [0.05, 0.1) is 16.3 Å². The van der Waals surface area contributed by atoms with Crippen molar-refractivity contribution >= 4 is 34.6 Å². The van der Waals surface area contributed by atoms with Gasteiger partial charge in [-0.2, -0.15) is 5.10 Å². The highest BCUT2D eigenvalue weighted by Gasteiger charge is 2.21. The van der Waals surface area contributed by atoms with Crippen LogP contribution in [-0.2, 0) is 17.6 Å². The standard InChI is InChI=1S/C20H21N3O3S/c1-11-3-6-17-14(7-11)9-18(27-17)20(25)23-22-12(2)13-4-5-16-15(8-13)21-19(24)10-26-16/h4-5,8-9,11H,3,6-7,10H2,1-2H3,(H,21,24)(H,23,25). The molecule has 2 heterocycles. The third kappa shape index (κ3) is 3.73. The number of nitrogens with zero attached hydrogens (tertiary/aromatic N) is 1. The number of carbonyl (C=O) groups is 2. The maximum Gasteiger partial charge on any atom is 0.281 e. The lowest BCUT2D eigenvalue weighted by Crippen LogP contribution is -2.25. The Morgan fingerprint density at radius 1 is 1.37 bits per heavy atom. The van der Waals surface area contributed by atoms with Crippen LogP contribution >= 0.6 is 11.3 Å². The zero-order valence-electron chi connectivity index (χ0n) is 15.3. The van der Waals surface area contributed by atoms with Gasteiger partial charge in [0.2, 0.25) is 0 Å². The number of amides is 2. The number of nitrogens with one attached hydrogen (secondary N) is 2. The van der Waals surface area contributed by atoms with Gasteiger partial charge < -0.3 is 10.1 Å². The van der Waals surface area contributed by atoms with E-state index < -0.39 is 0 Å². The number of thiophene rings is 1. The molecule has 1 aromatic carbocycles. The highest BCUT2D eigenvalue weighted by molar-refractivity contribution is 7.14. The highest BCUT2D eigenvalue weighted by atomic mass is 32.1. The van der Waals surface area contributed by atoms with E-state index in [0.717, 1.165) is 18.4 Å². The van der Waals surface area contributed by atoms with E-state index in [1.54, 1.807) is 23.5 Å². The SMILES string of the molecule is CC(=NNC(=O)c1cc2c(s1)CCC(C)C2)c1ccc2c(c1)NC(=O)CO2. The van der Waals surface area contributed by atoms with E-state index in [2.05, 4.69) is 22.8 Å². The zero-order valence-corrected chi connectivity index (χ0v) is 16.1. The number of hydrogen-bond donors (Lipinski definition) is 2. The Morgan fingerprint density at radius 3 is 3.07 bits per heavy atom. The molecule has 140 valence electrons. The number of ether oxygens (including phenoxy) is 1. The van der Waals surface area contributed by atoms with E-state index in [-0.39, 0.29) is 18.4 Å². The molecule has 4 rings (SSSR count). The van der Waals surface area contributed by atoms with Gasteiger partial charge in [0.25, 0.3) is 11.8 Å². The molecule has 1 unspecified atom stereocenters. The smallest absolute Gasteiger partial charge is 0.281 e. The van der Waals surface area contributed by atoms with Gasteiger partial charge in [-0.1, -0.05) is 6.92 Å². The number of rotatable bonds is 3. The molecule has 27 heavy (non-hydrogen) atoms. The molecule has 1 aromatic heterocycles. The summed E-state index contributed by atoms with van der Waals surface area (Å²) >= 11 is 1.57. The molecule has 1 atom stereocenters. The second-order valence-electron chi connectivity index (χ2n) is 7.09. The molecule has 2 aromatic rings. The first-order valence-corrected chi connectivity index (χ1v) is 9.84. The molecule has 0 radical (unpaired) electrons. The quantitative estimate of drug-likeness (QED) is 0.630. The van der Waals surface area contributed by atoms with Crippen LogP contribution in [-0.4, -0.2) is 24.1 Å². The van der Waals surface area contributed by atoms with Gasteiger partial charge >= 0.3 is 0 Å². The van der Waals surface area contributed by atoms with Gasteiger partial charge in [-0.3, -0.25) is 9.59 Å². The number of hydrazone groups is 1. The third-order valence-electron chi connectivity index (χ3n) is 4.91. The molecule has 0 saturated heterocycles. The zero-order chi connectivity index (χ0) is 19.0. The van der Waals surface area contributed by atoms with E-state index in [1.165, 1.54) is 16.9 Å². The van der Waals surface area contributed by atoms with Crippen molar-refractivity contribution in [3.05, 3.63) is 45.1 Å². The van der Waals surface area contributed by atoms with Crippen molar-refractivity contribution in [3.63, 3.8) is 0 Å². The number of carbonyl (C=O) groups excluding carboxylic acids is 2. The Bertz CT molecular complexity index is 948. The van der Waals surface area contributed by atoms with Crippen molar-refractivity contribution in [1.82, 2.24) is 5.43 Å². The van der Waals surface area contributed by atoms with Crippen molar-refractivity contribution < 1.29 is 14.3 Å². The molecule has 0 fully saturated rings. The maximum absolute atomic E-state index is 12.5. The molecule has 7 heteroatoms. The minimum absolute atomic E-state index is 0.0268. The van der Waals surface area contributed by atoms with E-state index in [4.69, 9.17) is 4.74 Å². The van der Waals surface area contributed by atoms with Crippen molar-refractivity contribution in [1.29, 1.82) is 0 Å². The molecule has 6 nitrogen and oxygen atoms in total. The van der Waals surface area contributed by atoms with Gasteiger partial charge in [-0.15, -0.1) is 11.3 Å². The molecular formula is C20H21N3O3S. The van der Waals surface area contributed by atoms with Gasteiger partial charge in [0.15, 0.2) is 6.61 Å². The summed E-state index contributed by atoms with van der Waals surface area (Å²) in [6.45, 7) is 4.09. The third-order valence-corrected chi connectivity index (χ3v) is 6.14. The van der Waals surface area contributed by atoms with E-state index in [0.29, 0.717) is 27.9 Å². The average Bonchev–Trinajstić information content (AvgIpc) is 3.08. The van der Waals surface area contributed by atoms with Crippen LogP contribution in [0.5, 0.6) is 5.75 Å². The monoisotopic (exact) mass is 383 g/mol. The first-order valence-electron chi connectivity index (χ1n) is 9.03. The van der Waals surface area contributed by atoms with E-state index in [9.17, 15) is 9.59 Å². The predicted octanol–water partition coefficient (Wildman–Crippen LogP) is 3.36. The Hall–Kier alpha value is -2.67. The Morgan fingerprint density at radius 2 is 2.22 bits per heavy atom. The lowest BCUT2D eigenvalue weighted by Gasteiger charge is -2.18. The first-order chi connectivity index (χ1) is 13.0. The molecule has 0 saturated carbocycles. The number of fused-ring (bicyclic) bond motifs is 2. The van der Waals surface area contributed by atoms with Crippen LogP contribution in [0.15, 0.2) is 29.4 Å². The molecule has 0 bridgehead atoms. The van der Waals surface area contributed by atoms with Gasteiger partial charge in [0.1, 0.15) is 5.75 Å². The first kappa shape index (κ1) is 17.7. The molecule has 1 aliphatic carbocycles. The van der Waals surface area contributed by atoms with Crippen LogP contribution < -0.4 is 15.5 Å². The lowest BCUT2D eigenvalue weighted by atomic mass is 9.90. The molecule has 2 amide bonds. The highest BCUT2D eigenvalue weighted by Crippen LogP contribution is 2.32. The number of hydrogen-bond acceptors (Lipinski definition) is 5. The fraction of sp³-hybridized carbons (Fsp3) is 0.350. The van der Waals surface area contributed by atoms with Crippen LogP contribution in [0, 0.1) is 5.92 Å². The molecule has 2 N–H and O–H groups in total. The summed E-state index contributed by atoms with van der Waals surface area (Å²) in [6.07, 6.45) is 3.29. The summed E-state index contributed by atoms with van der Waals surface area (Å²) in [7, 11) is 0. The summed E-state index contributed by atoms with van der Waals surface area (Å²) in [5, 5.41) is 7.00. The second kappa shape index (κ2) is 7.15.